The first-order valence-electron chi connectivity index (χ1n) is 9.07. The number of hydrogen-bond acceptors (Lipinski definition) is 6. The number of amides is 2. The molecule has 1 saturated heterocycles. The highest BCUT2D eigenvalue weighted by Crippen LogP contribution is 2.34. The van der Waals surface area contributed by atoms with Gasteiger partial charge in [-0.1, -0.05) is 30.0 Å². The van der Waals surface area contributed by atoms with Gasteiger partial charge in [-0.25, -0.2) is 0 Å². The number of thioether (sulfide) groups is 1. The van der Waals surface area contributed by atoms with E-state index in [1.807, 2.05) is 32.0 Å². The van der Waals surface area contributed by atoms with E-state index in [4.69, 9.17) is 21.7 Å². The van der Waals surface area contributed by atoms with Crippen molar-refractivity contribution in [2.24, 2.45) is 0 Å². The molecule has 1 heterocycles. The van der Waals surface area contributed by atoms with Gasteiger partial charge in [-0.2, -0.15) is 5.01 Å². The predicted molar refractivity (Wildman–Crippen MR) is 118 cm³/mol. The Bertz CT molecular complexity index is 960. The van der Waals surface area contributed by atoms with Gasteiger partial charge in [0.25, 0.3) is 11.8 Å². The molecule has 0 unspecified atom stereocenters. The maximum atomic E-state index is 12.8. The third-order valence-electron chi connectivity index (χ3n) is 3.93. The second kappa shape index (κ2) is 9.58. The first kappa shape index (κ1) is 20.9. The molecule has 2 aromatic rings. The molecule has 0 atom stereocenters. The summed E-state index contributed by atoms with van der Waals surface area (Å²) in [6, 6.07) is 14.1. The molecule has 8 heteroatoms. The Labute approximate surface area is 178 Å². The normalized spacial score (nSPS) is 15.0. The number of hydrazine groups is 1. The standard InChI is InChI=1S/C21H20N2O4S2/c1-3-26-16-11-10-15(17(13-16)27-4-2)12-18-20(25)23(21(28)29-18)22-19(24)14-8-6-5-7-9-14/h5-13H,3-4H2,1-2H3,(H,22,24). The van der Waals surface area contributed by atoms with Crippen LogP contribution in [0.15, 0.2) is 53.4 Å². The molecule has 1 fully saturated rings. The number of ether oxygens (including phenoxy) is 2. The number of nitrogens with one attached hydrogen (secondary N) is 1. The van der Waals surface area contributed by atoms with Crippen LogP contribution in [0.1, 0.15) is 29.8 Å². The van der Waals surface area contributed by atoms with Crippen LogP contribution in [-0.2, 0) is 4.79 Å². The molecule has 0 aliphatic carbocycles. The molecule has 0 bridgehead atoms. The number of benzene rings is 2. The number of carbonyl (C=O) groups excluding carboxylic acids is 2. The number of thiocarbonyl (C=S) groups is 1. The Morgan fingerprint density at radius 1 is 1.14 bits per heavy atom. The average molecular weight is 429 g/mol. The Morgan fingerprint density at radius 3 is 2.55 bits per heavy atom. The summed E-state index contributed by atoms with van der Waals surface area (Å²) in [7, 11) is 0. The number of rotatable bonds is 7. The Kier molecular flexibility index (Phi) is 6.90. The highest BCUT2D eigenvalue weighted by molar-refractivity contribution is 8.26. The molecule has 0 saturated carbocycles. The lowest BCUT2D eigenvalue weighted by molar-refractivity contribution is -0.123. The molecule has 1 aliphatic rings. The van der Waals surface area contributed by atoms with Gasteiger partial charge >= 0.3 is 0 Å². The molecule has 0 radical (unpaired) electrons. The molecule has 6 nitrogen and oxygen atoms in total. The lowest BCUT2D eigenvalue weighted by atomic mass is 10.1. The van der Waals surface area contributed by atoms with Crippen molar-refractivity contribution < 1.29 is 19.1 Å². The van der Waals surface area contributed by atoms with E-state index in [1.165, 1.54) is 0 Å². The molecule has 2 aromatic carbocycles. The lowest BCUT2D eigenvalue weighted by Crippen LogP contribution is -2.44. The van der Waals surface area contributed by atoms with E-state index in [-0.39, 0.29) is 10.2 Å². The second-order valence-corrected chi connectivity index (χ2v) is 7.57. The van der Waals surface area contributed by atoms with E-state index >= 15 is 0 Å². The highest BCUT2D eigenvalue weighted by Gasteiger charge is 2.34. The second-order valence-electron chi connectivity index (χ2n) is 5.89. The maximum absolute atomic E-state index is 12.8. The fourth-order valence-corrected chi connectivity index (χ4v) is 3.80. The minimum absolute atomic E-state index is 0.259. The Balaban J connectivity index is 1.81. The van der Waals surface area contributed by atoms with Crippen LogP contribution in [0.3, 0.4) is 0 Å². The maximum Gasteiger partial charge on any atom is 0.285 e. The van der Waals surface area contributed by atoms with Crippen molar-refractivity contribution in [2.75, 3.05) is 13.2 Å². The fourth-order valence-electron chi connectivity index (χ4n) is 2.63. The molecular weight excluding hydrogens is 408 g/mol. The summed E-state index contributed by atoms with van der Waals surface area (Å²) < 4.78 is 11.5. The zero-order chi connectivity index (χ0) is 20.8. The van der Waals surface area contributed by atoms with Crippen LogP contribution in [0.25, 0.3) is 6.08 Å². The van der Waals surface area contributed by atoms with E-state index in [1.54, 1.807) is 36.4 Å². The zero-order valence-electron chi connectivity index (χ0n) is 16.0. The van der Waals surface area contributed by atoms with E-state index in [0.717, 1.165) is 22.3 Å². The van der Waals surface area contributed by atoms with E-state index in [2.05, 4.69) is 5.43 Å². The van der Waals surface area contributed by atoms with Gasteiger partial charge in [0.2, 0.25) is 0 Å². The van der Waals surface area contributed by atoms with Gasteiger partial charge in [-0.05, 0) is 56.4 Å². The minimum Gasteiger partial charge on any atom is -0.494 e. The molecular formula is C21H20N2O4S2. The Hall–Kier alpha value is -2.84. The van der Waals surface area contributed by atoms with Crippen LogP contribution in [0.4, 0.5) is 0 Å². The van der Waals surface area contributed by atoms with Crippen LogP contribution >= 0.6 is 24.0 Å². The molecule has 2 amide bonds. The van der Waals surface area contributed by atoms with Crippen molar-refractivity contribution in [1.82, 2.24) is 10.4 Å². The highest BCUT2D eigenvalue weighted by atomic mass is 32.2. The van der Waals surface area contributed by atoms with Gasteiger partial charge in [0.15, 0.2) is 4.32 Å². The van der Waals surface area contributed by atoms with E-state index in [9.17, 15) is 9.59 Å². The Morgan fingerprint density at radius 2 is 1.86 bits per heavy atom. The summed E-state index contributed by atoms with van der Waals surface area (Å²) in [6.45, 7) is 4.81. The van der Waals surface area contributed by atoms with Gasteiger partial charge in [-0.3, -0.25) is 15.0 Å². The summed E-state index contributed by atoms with van der Waals surface area (Å²) in [4.78, 5) is 25.6. The van der Waals surface area contributed by atoms with Crippen LogP contribution < -0.4 is 14.9 Å². The van der Waals surface area contributed by atoms with Gasteiger partial charge < -0.3 is 9.47 Å². The van der Waals surface area contributed by atoms with Crippen LogP contribution in [0.2, 0.25) is 0 Å². The van der Waals surface area contributed by atoms with Crippen molar-refractivity contribution in [2.45, 2.75) is 13.8 Å². The topological polar surface area (TPSA) is 67.9 Å². The molecule has 1 aliphatic heterocycles. The van der Waals surface area contributed by atoms with Crippen molar-refractivity contribution in [3.63, 3.8) is 0 Å². The van der Waals surface area contributed by atoms with Crippen molar-refractivity contribution >= 4 is 46.2 Å². The zero-order valence-corrected chi connectivity index (χ0v) is 17.6. The third-order valence-corrected chi connectivity index (χ3v) is 5.23. The SMILES string of the molecule is CCOc1ccc(C=C2SC(=S)N(NC(=O)c3ccccc3)C2=O)c(OCC)c1. The predicted octanol–water partition coefficient (Wildman–Crippen LogP) is 4.03. The smallest absolute Gasteiger partial charge is 0.285 e. The summed E-state index contributed by atoms with van der Waals surface area (Å²) in [5, 5.41) is 1.09. The number of carbonyl (C=O) groups is 2. The molecule has 0 spiro atoms. The summed E-state index contributed by atoms with van der Waals surface area (Å²) >= 11 is 6.40. The average Bonchev–Trinajstić information content (AvgIpc) is 2.98. The van der Waals surface area contributed by atoms with Gasteiger partial charge in [-0.15, -0.1) is 0 Å². The fraction of sp³-hybridized carbons (Fsp3) is 0.190. The largest absolute Gasteiger partial charge is 0.494 e. The van der Waals surface area contributed by atoms with Gasteiger partial charge in [0, 0.05) is 17.2 Å². The summed E-state index contributed by atoms with van der Waals surface area (Å²) in [5.41, 5.74) is 3.73. The quantitative estimate of drug-likeness (QED) is 0.531. The minimum atomic E-state index is -0.403. The molecule has 1 N–H and O–H groups in total. The molecule has 0 aromatic heterocycles. The lowest BCUT2D eigenvalue weighted by Gasteiger charge is -2.15. The number of hydrogen-bond donors (Lipinski definition) is 1. The van der Waals surface area contributed by atoms with Crippen LogP contribution in [0, 0.1) is 0 Å². The van der Waals surface area contributed by atoms with Crippen LogP contribution in [0.5, 0.6) is 11.5 Å². The van der Waals surface area contributed by atoms with Gasteiger partial charge in [0.05, 0.1) is 18.1 Å². The third kappa shape index (κ3) is 4.96. The first-order valence-corrected chi connectivity index (χ1v) is 10.3. The van der Waals surface area contributed by atoms with E-state index < -0.39 is 5.91 Å². The van der Waals surface area contributed by atoms with Crippen molar-refractivity contribution in [3.8, 4) is 11.5 Å². The van der Waals surface area contributed by atoms with E-state index in [0.29, 0.717) is 35.2 Å². The van der Waals surface area contributed by atoms with Gasteiger partial charge in [0.1, 0.15) is 11.5 Å². The first-order chi connectivity index (χ1) is 14.0. The molecule has 3 rings (SSSR count). The van der Waals surface area contributed by atoms with Crippen LogP contribution in [-0.4, -0.2) is 34.4 Å². The molecule has 29 heavy (non-hydrogen) atoms. The van der Waals surface area contributed by atoms with Crippen molar-refractivity contribution in [1.29, 1.82) is 0 Å². The van der Waals surface area contributed by atoms with Crippen molar-refractivity contribution in [3.05, 3.63) is 64.6 Å². The summed E-state index contributed by atoms with van der Waals surface area (Å²) in [5.74, 6) is 0.507. The number of nitrogens with zero attached hydrogens (tertiary/aromatic N) is 1. The summed E-state index contributed by atoms with van der Waals surface area (Å²) in [6.07, 6.45) is 1.70. The molecule has 150 valence electrons. The monoisotopic (exact) mass is 428 g/mol.